The van der Waals surface area contributed by atoms with E-state index in [2.05, 4.69) is 10.6 Å². The molecule has 1 unspecified atom stereocenters. The largest absolute Gasteiger partial charge is 0.355 e. The van der Waals surface area contributed by atoms with E-state index >= 15 is 0 Å². The van der Waals surface area contributed by atoms with Gasteiger partial charge in [0.1, 0.15) is 0 Å². The fourth-order valence-electron chi connectivity index (χ4n) is 1.63. The second-order valence-corrected chi connectivity index (χ2v) is 4.36. The van der Waals surface area contributed by atoms with Crippen LogP contribution in [0.4, 0.5) is 8.78 Å². The summed E-state index contributed by atoms with van der Waals surface area (Å²) in [6.07, 6.45) is -0.143. The minimum absolute atomic E-state index is 0.0776. The van der Waals surface area contributed by atoms with E-state index in [-0.39, 0.29) is 23.8 Å². The van der Waals surface area contributed by atoms with E-state index in [1.807, 2.05) is 14.0 Å². The van der Waals surface area contributed by atoms with Gasteiger partial charge in [-0.05, 0) is 25.6 Å². The molecule has 1 aromatic carbocycles. The normalized spacial score (nSPS) is 12.2. The lowest BCUT2D eigenvalue weighted by atomic mass is 10.1. The molecular weight excluding hydrogens is 238 g/mol. The summed E-state index contributed by atoms with van der Waals surface area (Å²) < 4.78 is 26.2. The van der Waals surface area contributed by atoms with Crippen LogP contribution in [0.5, 0.6) is 0 Å². The van der Waals surface area contributed by atoms with Crippen LogP contribution in [0, 0.1) is 17.6 Å². The lowest BCUT2D eigenvalue weighted by molar-refractivity contribution is -0.120. The third-order valence-electron chi connectivity index (χ3n) is 2.58. The van der Waals surface area contributed by atoms with Gasteiger partial charge in [0.25, 0.3) is 0 Å². The average Bonchev–Trinajstić information content (AvgIpc) is 2.33. The van der Waals surface area contributed by atoms with E-state index in [1.54, 1.807) is 0 Å². The van der Waals surface area contributed by atoms with Gasteiger partial charge in [0.2, 0.25) is 5.91 Å². The molecule has 1 aromatic rings. The topological polar surface area (TPSA) is 41.1 Å². The van der Waals surface area contributed by atoms with Crippen LogP contribution in [0.3, 0.4) is 0 Å². The van der Waals surface area contributed by atoms with Crippen LogP contribution in [0.25, 0.3) is 0 Å². The zero-order valence-corrected chi connectivity index (χ0v) is 10.6. The SMILES string of the molecule is CNCC(C)CNC(=O)Cc1cccc(F)c1F. The van der Waals surface area contributed by atoms with Crippen LogP contribution in [0.15, 0.2) is 18.2 Å². The van der Waals surface area contributed by atoms with Gasteiger partial charge in [-0.15, -0.1) is 0 Å². The summed E-state index contributed by atoms with van der Waals surface area (Å²) in [4.78, 5) is 11.6. The monoisotopic (exact) mass is 256 g/mol. The fourth-order valence-corrected chi connectivity index (χ4v) is 1.63. The van der Waals surface area contributed by atoms with Gasteiger partial charge in [-0.3, -0.25) is 4.79 Å². The Hall–Kier alpha value is -1.49. The predicted octanol–water partition coefficient (Wildman–Crippen LogP) is 1.48. The standard InChI is InChI=1S/C13H18F2N2O/c1-9(7-16-2)8-17-12(18)6-10-4-3-5-11(14)13(10)15/h3-5,9,16H,6-8H2,1-2H3,(H,17,18). The Bertz CT molecular complexity index is 410. The summed E-state index contributed by atoms with van der Waals surface area (Å²) in [5.74, 6) is -1.89. The molecule has 1 atom stereocenters. The molecule has 100 valence electrons. The highest BCUT2D eigenvalue weighted by molar-refractivity contribution is 5.78. The quantitative estimate of drug-likeness (QED) is 0.809. The van der Waals surface area contributed by atoms with Crippen molar-refractivity contribution in [1.82, 2.24) is 10.6 Å². The van der Waals surface area contributed by atoms with Crippen LogP contribution in [-0.2, 0) is 11.2 Å². The number of nitrogens with one attached hydrogen (secondary N) is 2. The first-order valence-electron chi connectivity index (χ1n) is 5.88. The van der Waals surface area contributed by atoms with Crippen molar-refractivity contribution < 1.29 is 13.6 Å². The lowest BCUT2D eigenvalue weighted by Crippen LogP contribution is -2.33. The van der Waals surface area contributed by atoms with E-state index < -0.39 is 11.6 Å². The molecule has 3 nitrogen and oxygen atoms in total. The zero-order chi connectivity index (χ0) is 13.5. The molecule has 0 bridgehead atoms. The third kappa shape index (κ3) is 4.41. The zero-order valence-electron chi connectivity index (χ0n) is 10.6. The average molecular weight is 256 g/mol. The molecule has 0 saturated carbocycles. The maximum Gasteiger partial charge on any atom is 0.224 e. The Morgan fingerprint density at radius 3 is 2.72 bits per heavy atom. The summed E-state index contributed by atoms with van der Waals surface area (Å²) in [5.41, 5.74) is 0.0776. The van der Waals surface area contributed by atoms with Gasteiger partial charge in [-0.2, -0.15) is 0 Å². The molecule has 5 heteroatoms. The minimum Gasteiger partial charge on any atom is -0.355 e. The smallest absolute Gasteiger partial charge is 0.224 e. The number of carbonyl (C=O) groups is 1. The highest BCUT2D eigenvalue weighted by Gasteiger charge is 2.12. The second-order valence-electron chi connectivity index (χ2n) is 4.36. The summed E-state index contributed by atoms with van der Waals surface area (Å²) in [5, 5.41) is 5.69. The Morgan fingerprint density at radius 2 is 2.06 bits per heavy atom. The van der Waals surface area contributed by atoms with E-state index in [0.29, 0.717) is 6.54 Å². The molecule has 0 aliphatic heterocycles. The van der Waals surface area contributed by atoms with E-state index in [1.165, 1.54) is 12.1 Å². The molecule has 1 amide bonds. The van der Waals surface area contributed by atoms with Gasteiger partial charge < -0.3 is 10.6 Å². The van der Waals surface area contributed by atoms with Crippen molar-refractivity contribution in [3.8, 4) is 0 Å². The highest BCUT2D eigenvalue weighted by atomic mass is 19.2. The molecule has 2 N–H and O–H groups in total. The molecular formula is C13H18F2N2O. The number of benzene rings is 1. The van der Waals surface area contributed by atoms with Crippen molar-refractivity contribution >= 4 is 5.91 Å². The van der Waals surface area contributed by atoms with Gasteiger partial charge in [-0.25, -0.2) is 8.78 Å². The predicted molar refractivity (Wildman–Crippen MR) is 66.2 cm³/mol. The number of halogens is 2. The van der Waals surface area contributed by atoms with E-state index in [9.17, 15) is 13.6 Å². The van der Waals surface area contributed by atoms with Gasteiger partial charge in [-0.1, -0.05) is 19.1 Å². The summed E-state index contributed by atoms with van der Waals surface area (Å²) in [6.45, 7) is 3.28. The van der Waals surface area contributed by atoms with Crippen molar-refractivity contribution in [3.63, 3.8) is 0 Å². The molecule has 1 rings (SSSR count). The molecule has 0 fully saturated rings. The van der Waals surface area contributed by atoms with Crippen molar-refractivity contribution in [2.45, 2.75) is 13.3 Å². The molecule has 0 aliphatic carbocycles. The Labute approximate surface area is 106 Å². The molecule has 0 saturated heterocycles. The maximum atomic E-state index is 13.3. The van der Waals surface area contributed by atoms with Crippen molar-refractivity contribution in [3.05, 3.63) is 35.4 Å². The molecule has 0 aliphatic rings. The summed E-state index contributed by atoms with van der Waals surface area (Å²) in [7, 11) is 1.83. The first kappa shape index (κ1) is 14.6. The van der Waals surface area contributed by atoms with Gasteiger partial charge >= 0.3 is 0 Å². The van der Waals surface area contributed by atoms with E-state index in [0.717, 1.165) is 12.6 Å². The number of amides is 1. The minimum atomic E-state index is -0.948. The number of hydrogen-bond donors (Lipinski definition) is 2. The number of carbonyl (C=O) groups excluding carboxylic acids is 1. The summed E-state index contributed by atoms with van der Waals surface area (Å²) in [6, 6.07) is 3.84. The molecule has 0 radical (unpaired) electrons. The van der Waals surface area contributed by atoms with Gasteiger partial charge in [0.05, 0.1) is 6.42 Å². The van der Waals surface area contributed by atoms with Crippen LogP contribution in [0.2, 0.25) is 0 Å². The van der Waals surface area contributed by atoms with Crippen LogP contribution in [-0.4, -0.2) is 26.0 Å². The second kappa shape index (κ2) is 7.06. The van der Waals surface area contributed by atoms with E-state index in [4.69, 9.17) is 0 Å². The van der Waals surface area contributed by atoms with Gasteiger partial charge in [0, 0.05) is 12.1 Å². The molecule has 0 aromatic heterocycles. The lowest BCUT2D eigenvalue weighted by Gasteiger charge is -2.12. The molecule has 0 heterocycles. The van der Waals surface area contributed by atoms with Gasteiger partial charge in [0.15, 0.2) is 11.6 Å². The van der Waals surface area contributed by atoms with Crippen molar-refractivity contribution in [2.75, 3.05) is 20.1 Å². The molecule has 0 spiro atoms. The number of hydrogen-bond acceptors (Lipinski definition) is 2. The number of rotatable bonds is 6. The summed E-state index contributed by atoms with van der Waals surface area (Å²) >= 11 is 0. The fraction of sp³-hybridized carbons (Fsp3) is 0.462. The first-order valence-corrected chi connectivity index (χ1v) is 5.88. The maximum absolute atomic E-state index is 13.3. The first-order chi connectivity index (χ1) is 8.54. The van der Waals surface area contributed by atoms with Crippen LogP contribution >= 0.6 is 0 Å². The van der Waals surface area contributed by atoms with Crippen LogP contribution in [0.1, 0.15) is 12.5 Å². The Morgan fingerprint density at radius 1 is 1.33 bits per heavy atom. The van der Waals surface area contributed by atoms with Crippen LogP contribution < -0.4 is 10.6 Å². The van der Waals surface area contributed by atoms with Crippen molar-refractivity contribution in [2.24, 2.45) is 5.92 Å². The highest BCUT2D eigenvalue weighted by Crippen LogP contribution is 2.11. The van der Waals surface area contributed by atoms with Crippen molar-refractivity contribution in [1.29, 1.82) is 0 Å². The third-order valence-corrected chi connectivity index (χ3v) is 2.58. The Kier molecular flexibility index (Phi) is 5.71. The Balaban J connectivity index is 2.47. The molecule has 18 heavy (non-hydrogen) atoms.